The number of hydrogen-bond donors (Lipinski definition) is 2. The van der Waals surface area contributed by atoms with Gasteiger partial charge < -0.3 is 15.4 Å². The fourth-order valence-corrected chi connectivity index (χ4v) is 2.36. The number of hydrogen-bond acceptors (Lipinski definition) is 4. The molecule has 0 unspecified atom stereocenters. The van der Waals surface area contributed by atoms with E-state index in [1.807, 2.05) is 0 Å². The van der Waals surface area contributed by atoms with E-state index in [9.17, 15) is 18.8 Å². The van der Waals surface area contributed by atoms with E-state index in [1.54, 1.807) is 24.3 Å². The second-order valence-electron chi connectivity index (χ2n) is 5.62. The summed E-state index contributed by atoms with van der Waals surface area (Å²) in [5, 5.41) is 5.20. The van der Waals surface area contributed by atoms with Gasteiger partial charge in [-0.05, 0) is 55.0 Å². The molecule has 142 valence electrons. The number of esters is 1. The van der Waals surface area contributed by atoms with Crippen LogP contribution in [-0.4, -0.2) is 24.4 Å². The van der Waals surface area contributed by atoms with Gasteiger partial charge in [-0.15, -0.1) is 0 Å². The van der Waals surface area contributed by atoms with Gasteiger partial charge in [0, 0.05) is 28.7 Å². The highest BCUT2D eigenvalue weighted by molar-refractivity contribution is 9.10. The lowest BCUT2D eigenvalue weighted by molar-refractivity contribution is -0.147. The summed E-state index contributed by atoms with van der Waals surface area (Å²) in [7, 11) is 0. The molecule has 2 rings (SSSR count). The molecular formula is C19H18BrFN2O4. The SMILES string of the molecule is O=C(CCCC(=O)OCC(=O)Nc1ccc(Br)cc1)Nc1ccc(F)cc1. The third-order valence-electron chi connectivity index (χ3n) is 3.40. The first-order valence-electron chi connectivity index (χ1n) is 8.19. The van der Waals surface area contributed by atoms with Crippen molar-refractivity contribution in [3.05, 3.63) is 58.8 Å². The molecule has 2 N–H and O–H groups in total. The van der Waals surface area contributed by atoms with Crippen molar-refractivity contribution in [2.75, 3.05) is 17.2 Å². The number of carbonyl (C=O) groups is 3. The molecule has 0 aliphatic rings. The number of anilines is 2. The van der Waals surface area contributed by atoms with Gasteiger partial charge in [0.05, 0.1) is 0 Å². The quantitative estimate of drug-likeness (QED) is 0.614. The standard InChI is InChI=1S/C19H18BrFN2O4/c20-13-4-8-15(9-5-13)23-18(25)12-27-19(26)3-1-2-17(24)22-16-10-6-14(21)7-11-16/h4-11H,1-3,12H2,(H,22,24)(H,23,25). The summed E-state index contributed by atoms with van der Waals surface area (Å²) in [5.74, 6) is -1.68. The van der Waals surface area contributed by atoms with Gasteiger partial charge in [-0.2, -0.15) is 0 Å². The van der Waals surface area contributed by atoms with Crippen molar-refractivity contribution in [3.63, 3.8) is 0 Å². The minimum Gasteiger partial charge on any atom is -0.456 e. The van der Waals surface area contributed by atoms with E-state index in [4.69, 9.17) is 4.74 Å². The molecule has 0 radical (unpaired) electrons. The first kappa shape index (κ1) is 20.6. The molecule has 0 fully saturated rings. The molecule has 0 saturated heterocycles. The van der Waals surface area contributed by atoms with Crippen LogP contribution < -0.4 is 10.6 Å². The smallest absolute Gasteiger partial charge is 0.306 e. The van der Waals surface area contributed by atoms with Crippen LogP contribution in [0.1, 0.15) is 19.3 Å². The average Bonchev–Trinajstić information content (AvgIpc) is 2.64. The van der Waals surface area contributed by atoms with Crippen molar-refractivity contribution < 1.29 is 23.5 Å². The van der Waals surface area contributed by atoms with Crippen LogP contribution in [0.2, 0.25) is 0 Å². The van der Waals surface area contributed by atoms with E-state index in [1.165, 1.54) is 24.3 Å². The van der Waals surface area contributed by atoms with Crippen molar-refractivity contribution in [3.8, 4) is 0 Å². The summed E-state index contributed by atoms with van der Waals surface area (Å²) in [6.07, 6.45) is 0.403. The lowest BCUT2D eigenvalue weighted by atomic mass is 10.2. The van der Waals surface area contributed by atoms with Gasteiger partial charge in [0.1, 0.15) is 5.82 Å². The molecule has 0 heterocycles. The van der Waals surface area contributed by atoms with Gasteiger partial charge in [-0.1, -0.05) is 15.9 Å². The maximum Gasteiger partial charge on any atom is 0.306 e. The molecule has 0 aliphatic carbocycles. The van der Waals surface area contributed by atoms with Crippen molar-refractivity contribution in [2.45, 2.75) is 19.3 Å². The van der Waals surface area contributed by atoms with Gasteiger partial charge in [0.2, 0.25) is 5.91 Å². The molecule has 0 spiro atoms. The van der Waals surface area contributed by atoms with E-state index in [-0.39, 0.29) is 31.0 Å². The van der Waals surface area contributed by atoms with Crippen LogP contribution in [0.5, 0.6) is 0 Å². The van der Waals surface area contributed by atoms with Gasteiger partial charge in [-0.3, -0.25) is 14.4 Å². The Morgan fingerprint density at radius 3 is 2.04 bits per heavy atom. The van der Waals surface area contributed by atoms with Crippen LogP contribution in [-0.2, 0) is 19.1 Å². The Bertz CT molecular complexity index is 794. The van der Waals surface area contributed by atoms with E-state index < -0.39 is 18.5 Å². The number of ether oxygens (including phenoxy) is 1. The molecular weight excluding hydrogens is 419 g/mol. The van der Waals surface area contributed by atoms with Crippen LogP contribution in [0.3, 0.4) is 0 Å². The fourth-order valence-electron chi connectivity index (χ4n) is 2.10. The van der Waals surface area contributed by atoms with E-state index in [0.717, 1.165) is 4.47 Å². The Balaban J connectivity index is 1.61. The van der Waals surface area contributed by atoms with Crippen LogP contribution >= 0.6 is 15.9 Å². The Labute approximate surface area is 164 Å². The summed E-state index contributed by atoms with van der Waals surface area (Å²) in [6, 6.07) is 12.4. The van der Waals surface area contributed by atoms with Crippen LogP contribution in [0.4, 0.5) is 15.8 Å². The van der Waals surface area contributed by atoms with E-state index in [0.29, 0.717) is 11.4 Å². The van der Waals surface area contributed by atoms with Gasteiger partial charge in [-0.25, -0.2) is 4.39 Å². The van der Waals surface area contributed by atoms with E-state index >= 15 is 0 Å². The first-order chi connectivity index (χ1) is 12.9. The molecule has 0 aliphatic heterocycles. The summed E-state index contributed by atoms with van der Waals surface area (Å²) < 4.78 is 18.6. The van der Waals surface area contributed by atoms with Crippen molar-refractivity contribution in [2.24, 2.45) is 0 Å². The minimum absolute atomic E-state index is 0.0163. The third-order valence-corrected chi connectivity index (χ3v) is 3.93. The zero-order chi connectivity index (χ0) is 19.6. The Morgan fingerprint density at radius 1 is 0.852 bits per heavy atom. The number of carbonyl (C=O) groups excluding carboxylic acids is 3. The molecule has 2 aromatic carbocycles. The Hall–Kier alpha value is -2.74. The summed E-state index contributed by atoms with van der Waals surface area (Å²) in [4.78, 5) is 35.1. The number of rotatable bonds is 8. The monoisotopic (exact) mass is 436 g/mol. The molecule has 0 saturated carbocycles. The number of amides is 2. The summed E-state index contributed by atoms with van der Waals surface area (Å²) in [6.45, 7) is -0.392. The van der Waals surface area contributed by atoms with Gasteiger partial charge in [0.25, 0.3) is 5.91 Å². The molecule has 2 aromatic rings. The Kier molecular flexibility index (Phi) is 7.94. The number of nitrogens with one attached hydrogen (secondary N) is 2. The molecule has 8 heteroatoms. The highest BCUT2D eigenvalue weighted by Gasteiger charge is 2.10. The number of benzene rings is 2. The predicted octanol–water partition coefficient (Wildman–Crippen LogP) is 3.88. The Morgan fingerprint density at radius 2 is 1.41 bits per heavy atom. The largest absolute Gasteiger partial charge is 0.456 e. The lowest BCUT2D eigenvalue weighted by Gasteiger charge is -2.07. The second kappa shape index (κ2) is 10.4. The summed E-state index contributed by atoms with van der Waals surface area (Å²) >= 11 is 3.29. The van der Waals surface area contributed by atoms with Gasteiger partial charge in [0.15, 0.2) is 6.61 Å². The zero-order valence-electron chi connectivity index (χ0n) is 14.3. The molecule has 27 heavy (non-hydrogen) atoms. The maximum atomic E-state index is 12.8. The van der Waals surface area contributed by atoms with Crippen LogP contribution in [0.25, 0.3) is 0 Å². The third kappa shape index (κ3) is 8.00. The molecule has 6 nitrogen and oxygen atoms in total. The van der Waals surface area contributed by atoms with Crippen molar-refractivity contribution in [1.29, 1.82) is 0 Å². The predicted molar refractivity (Wildman–Crippen MR) is 103 cm³/mol. The molecule has 0 bridgehead atoms. The topological polar surface area (TPSA) is 84.5 Å². The second-order valence-corrected chi connectivity index (χ2v) is 6.54. The number of halogens is 2. The van der Waals surface area contributed by atoms with Crippen LogP contribution in [0.15, 0.2) is 53.0 Å². The highest BCUT2D eigenvalue weighted by atomic mass is 79.9. The normalized spacial score (nSPS) is 10.1. The van der Waals surface area contributed by atoms with E-state index in [2.05, 4.69) is 26.6 Å². The fraction of sp³-hybridized carbons (Fsp3) is 0.211. The van der Waals surface area contributed by atoms with Crippen molar-refractivity contribution >= 4 is 45.1 Å². The maximum absolute atomic E-state index is 12.8. The first-order valence-corrected chi connectivity index (χ1v) is 8.98. The van der Waals surface area contributed by atoms with Crippen LogP contribution in [0, 0.1) is 5.82 Å². The zero-order valence-corrected chi connectivity index (χ0v) is 15.9. The molecule has 0 atom stereocenters. The minimum atomic E-state index is -0.560. The van der Waals surface area contributed by atoms with Gasteiger partial charge >= 0.3 is 5.97 Å². The summed E-state index contributed by atoms with van der Waals surface area (Å²) in [5.41, 5.74) is 1.07. The molecule has 0 aromatic heterocycles. The average molecular weight is 437 g/mol. The highest BCUT2D eigenvalue weighted by Crippen LogP contribution is 2.14. The van der Waals surface area contributed by atoms with Crippen molar-refractivity contribution in [1.82, 2.24) is 0 Å². The molecule has 2 amide bonds. The lowest BCUT2D eigenvalue weighted by Crippen LogP contribution is -2.21.